The van der Waals surface area contributed by atoms with Crippen LogP contribution < -0.4 is 5.73 Å². The van der Waals surface area contributed by atoms with E-state index in [1.807, 2.05) is 30.3 Å². The highest BCUT2D eigenvalue weighted by molar-refractivity contribution is 9.10. The summed E-state index contributed by atoms with van der Waals surface area (Å²) in [5.74, 6) is -2.53. The van der Waals surface area contributed by atoms with Crippen LogP contribution in [0, 0.1) is 17.2 Å². The first kappa shape index (κ1) is 20.2. The van der Waals surface area contributed by atoms with Crippen LogP contribution in [-0.2, 0) is 9.53 Å². The monoisotopic (exact) mass is 449 g/mol. The molecular formula is C22H16BrN3O3. The van der Waals surface area contributed by atoms with Gasteiger partial charge in [0.1, 0.15) is 5.92 Å². The topological polar surface area (TPSA) is 106 Å². The van der Waals surface area contributed by atoms with Gasteiger partial charge in [0.25, 0.3) is 0 Å². The van der Waals surface area contributed by atoms with E-state index >= 15 is 0 Å². The number of carbonyl (C=O) groups is 2. The first-order chi connectivity index (χ1) is 13.9. The van der Waals surface area contributed by atoms with E-state index in [-0.39, 0.29) is 11.3 Å². The fourth-order valence-corrected chi connectivity index (χ4v) is 3.20. The molecule has 29 heavy (non-hydrogen) atoms. The molecule has 1 atom stereocenters. The summed E-state index contributed by atoms with van der Waals surface area (Å²) in [6, 6.07) is 18.1. The summed E-state index contributed by atoms with van der Waals surface area (Å²) in [6.45, 7) is 2.83. The van der Waals surface area contributed by atoms with Gasteiger partial charge in [0, 0.05) is 21.1 Å². The lowest BCUT2D eigenvalue weighted by Gasteiger charge is -2.11. The Kier molecular flexibility index (Phi) is 6.05. The van der Waals surface area contributed by atoms with Crippen molar-refractivity contribution >= 4 is 38.6 Å². The number of nitrogens with zero attached hydrogens (tertiary/aromatic N) is 2. The molecule has 0 saturated carbocycles. The molecule has 2 aromatic carbocycles. The first-order valence-electron chi connectivity index (χ1n) is 8.60. The molecule has 0 fully saturated rings. The predicted octanol–water partition coefficient (Wildman–Crippen LogP) is 4.00. The summed E-state index contributed by atoms with van der Waals surface area (Å²) in [6.07, 6.45) is 0. The zero-order valence-corrected chi connectivity index (χ0v) is 16.8. The maximum atomic E-state index is 12.7. The Morgan fingerprint density at radius 3 is 2.66 bits per heavy atom. The number of nitrogens with two attached hydrogens (primary N) is 1. The molecule has 0 bridgehead atoms. The molecular weight excluding hydrogens is 434 g/mol. The lowest BCUT2D eigenvalue weighted by molar-refractivity contribution is -0.123. The molecule has 1 heterocycles. The zero-order valence-electron chi connectivity index (χ0n) is 15.3. The highest BCUT2D eigenvalue weighted by Gasteiger charge is 2.22. The van der Waals surface area contributed by atoms with Gasteiger partial charge in [0.15, 0.2) is 12.4 Å². The largest absolute Gasteiger partial charge is 0.454 e. The Labute approximate surface area is 175 Å². The molecule has 0 aliphatic carbocycles. The molecule has 6 nitrogen and oxygen atoms in total. The van der Waals surface area contributed by atoms with Gasteiger partial charge in [0.05, 0.1) is 22.8 Å². The van der Waals surface area contributed by atoms with E-state index in [4.69, 9.17) is 15.7 Å². The molecule has 144 valence electrons. The number of hydrogen-bond donors (Lipinski definition) is 1. The molecule has 3 aromatic rings. The van der Waals surface area contributed by atoms with Crippen molar-refractivity contribution in [2.24, 2.45) is 11.7 Å². The Morgan fingerprint density at radius 2 is 1.97 bits per heavy atom. The van der Waals surface area contributed by atoms with Crippen molar-refractivity contribution < 1.29 is 14.3 Å². The quantitative estimate of drug-likeness (QED) is 0.569. The Hall–Kier alpha value is -3.50. The van der Waals surface area contributed by atoms with Gasteiger partial charge in [-0.3, -0.25) is 4.79 Å². The number of aromatic nitrogens is 1. The average Bonchev–Trinajstić information content (AvgIpc) is 2.71. The van der Waals surface area contributed by atoms with Crippen molar-refractivity contribution in [2.75, 3.05) is 6.61 Å². The van der Waals surface area contributed by atoms with Crippen LogP contribution in [0.15, 0.2) is 71.3 Å². The lowest BCUT2D eigenvalue weighted by Crippen LogP contribution is -2.25. The van der Waals surface area contributed by atoms with Gasteiger partial charge in [-0.1, -0.05) is 52.8 Å². The Balaban J connectivity index is 1.95. The summed E-state index contributed by atoms with van der Waals surface area (Å²) in [7, 11) is 0. The van der Waals surface area contributed by atoms with Crippen LogP contribution in [0.5, 0.6) is 0 Å². The first-order valence-corrected chi connectivity index (χ1v) is 9.39. The second-order valence-electron chi connectivity index (χ2n) is 6.26. The summed E-state index contributed by atoms with van der Waals surface area (Å²) >= 11 is 3.43. The molecule has 3 rings (SSSR count). The number of allylic oxidation sites excluding steroid dienone is 1. The fourth-order valence-electron chi connectivity index (χ4n) is 2.80. The fraction of sp³-hybridized carbons (Fsp3) is 0.0909. The van der Waals surface area contributed by atoms with Gasteiger partial charge in [-0.25, -0.2) is 9.78 Å². The molecule has 0 radical (unpaired) electrons. The number of nitriles is 1. The number of fused-ring (bicyclic) bond motifs is 1. The van der Waals surface area contributed by atoms with Gasteiger partial charge >= 0.3 is 5.97 Å². The molecule has 1 aromatic heterocycles. The van der Waals surface area contributed by atoms with E-state index in [1.165, 1.54) is 0 Å². The number of rotatable bonds is 6. The van der Waals surface area contributed by atoms with Crippen molar-refractivity contribution in [1.29, 1.82) is 5.26 Å². The summed E-state index contributed by atoms with van der Waals surface area (Å²) in [4.78, 5) is 29.5. The maximum absolute atomic E-state index is 12.7. The van der Waals surface area contributed by atoms with Crippen LogP contribution in [0.2, 0.25) is 0 Å². The molecule has 7 heteroatoms. The summed E-state index contributed by atoms with van der Waals surface area (Å²) in [5.41, 5.74) is 7.67. The number of pyridine rings is 1. The maximum Gasteiger partial charge on any atom is 0.339 e. The third-order valence-corrected chi connectivity index (χ3v) is 4.72. The van der Waals surface area contributed by atoms with E-state index in [9.17, 15) is 9.59 Å². The Bertz CT molecular complexity index is 1170. The minimum absolute atomic E-state index is 0.0835. The van der Waals surface area contributed by atoms with Gasteiger partial charge < -0.3 is 10.5 Å². The molecule has 0 unspecified atom stereocenters. The van der Waals surface area contributed by atoms with Crippen molar-refractivity contribution in [3.63, 3.8) is 0 Å². The highest BCUT2D eigenvalue weighted by atomic mass is 79.9. The number of carbonyl (C=O) groups excluding carboxylic acids is 2. The smallest absolute Gasteiger partial charge is 0.339 e. The molecule has 0 spiro atoms. The number of ketones is 1. The number of ether oxygens (including phenoxy) is 1. The highest BCUT2D eigenvalue weighted by Crippen LogP contribution is 2.27. The summed E-state index contributed by atoms with van der Waals surface area (Å²) < 4.78 is 6.05. The van der Waals surface area contributed by atoms with Crippen LogP contribution in [-0.4, -0.2) is 23.3 Å². The molecule has 0 amide bonds. The summed E-state index contributed by atoms with van der Waals surface area (Å²) in [5, 5.41) is 9.61. The van der Waals surface area contributed by atoms with Crippen molar-refractivity contribution in [1.82, 2.24) is 4.98 Å². The van der Waals surface area contributed by atoms with Crippen LogP contribution >= 0.6 is 15.9 Å². The van der Waals surface area contributed by atoms with Crippen LogP contribution in [0.4, 0.5) is 0 Å². The number of hydrogen-bond acceptors (Lipinski definition) is 6. The van der Waals surface area contributed by atoms with Crippen LogP contribution in [0.1, 0.15) is 10.4 Å². The molecule has 2 N–H and O–H groups in total. The predicted molar refractivity (Wildman–Crippen MR) is 113 cm³/mol. The van der Waals surface area contributed by atoms with Crippen LogP contribution in [0.3, 0.4) is 0 Å². The normalized spacial score (nSPS) is 11.4. The van der Waals surface area contributed by atoms with Crippen molar-refractivity contribution in [3.05, 3.63) is 76.9 Å². The minimum atomic E-state index is -1.21. The number of benzene rings is 2. The van der Waals surface area contributed by atoms with Gasteiger partial charge in [-0.05, 0) is 24.3 Å². The van der Waals surface area contributed by atoms with E-state index in [0.717, 1.165) is 10.0 Å². The average molecular weight is 450 g/mol. The number of esters is 1. The van der Waals surface area contributed by atoms with Gasteiger partial charge in [-0.15, -0.1) is 0 Å². The second-order valence-corrected chi connectivity index (χ2v) is 7.18. The molecule has 0 aliphatic rings. The van der Waals surface area contributed by atoms with Gasteiger partial charge in [-0.2, -0.15) is 5.26 Å². The second kappa shape index (κ2) is 8.67. The lowest BCUT2D eigenvalue weighted by atomic mass is 10.0. The number of para-hydroxylation sites is 1. The third kappa shape index (κ3) is 4.50. The van der Waals surface area contributed by atoms with Gasteiger partial charge in [0.2, 0.25) is 0 Å². The third-order valence-electron chi connectivity index (χ3n) is 4.22. The van der Waals surface area contributed by atoms with Crippen molar-refractivity contribution in [3.8, 4) is 17.3 Å². The standard InChI is InChI=1S/C22H16BrN3O3/c1-13(25)18(11-24)21(27)12-29-22(28)17-10-20(14-5-4-6-15(23)9-14)26-19-8-3-2-7-16(17)19/h2-10,18H,1,12,25H2/t18-/m1/s1. The van der Waals surface area contributed by atoms with E-state index in [1.54, 1.807) is 30.3 Å². The van der Waals surface area contributed by atoms with Crippen molar-refractivity contribution in [2.45, 2.75) is 0 Å². The number of halogens is 1. The molecule has 0 aliphatic heterocycles. The minimum Gasteiger partial charge on any atom is -0.454 e. The van der Waals surface area contributed by atoms with Crippen LogP contribution in [0.25, 0.3) is 22.2 Å². The van der Waals surface area contributed by atoms with E-state index in [0.29, 0.717) is 16.6 Å². The Morgan fingerprint density at radius 1 is 1.21 bits per heavy atom. The number of Topliss-reactive ketones (excluding diaryl/α,β-unsaturated/α-hetero) is 1. The van der Waals surface area contributed by atoms with E-state index in [2.05, 4.69) is 27.5 Å². The zero-order chi connectivity index (χ0) is 21.0. The van der Waals surface area contributed by atoms with E-state index < -0.39 is 24.3 Å². The molecule has 0 saturated heterocycles. The SMILES string of the molecule is C=C(N)[C@@H](C#N)C(=O)COC(=O)c1cc(-c2cccc(Br)c2)nc2ccccc12.